The van der Waals surface area contributed by atoms with E-state index in [9.17, 15) is 17.8 Å². The monoisotopic (exact) mass is 266 g/mol. The number of fused-ring (bicyclic) bond motifs is 3. The van der Waals surface area contributed by atoms with Crippen molar-refractivity contribution in [1.82, 2.24) is 10.4 Å². The summed E-state index contributed by atoms with van der Waals surface area (Å²) in [5.41, 5.74) is 0.176. The Morgan fingerprint density at radius 1 is 1.22 bits per heavy atom. The van der Waals surface area contributed by atoms with Crippen LogP contribution in [0, 0.1) is 0 Å². The topological polar surface area (TPSA) is 113 Å². The van der Waals surface area contributed by atoms with Crippen LogP contribution in [0.25, 0.3) is 21.9 Å². The van der Waals surface area contributed by atoms with Gasteiger partial charge in [-0.1, -0.05) is 0 Å². The molecule has 0 saturated carbocycles. The van der Waals surface area contributed by atoms with Crippen molar-refractivity contribution in [2.24, 2.45) is 0 Å². The Hall–Kier alpha value is -2.19. The minimum absolute atomic E-state index is 0.140. The minimum atomic E-state index is -4.42. The first-order valence-corrected chi connectivity index (χ1v) is 6.29. The van der Waals surface area contributed by atoms with Crippen LogP contribution in [0.15, 0.2) is 38.5 Å². The molecule has 0 spiro atoms. The van der Waals surface area contributed by atoms with E-state index < -0.39 is 10.1 Å². The number of aromatic amines is 1. The lowest BCUT2D eigenvalue weighted by Crippen LogP contribution is -2.02. The number of hydrogen-bond acceptors (Lipinski definition) is 5. The summed E-state index contributed by atoms with van der Waals surface area (Å²) in [5.74, 6) is 0. The SMILES string of the molecule is O=c1ccc2c(S(=O)(=O)O)cc3o[nH]nc3c2c1. The molecule has 0 amide bonds. The van der Waals surface area contributed by atoms with Gasteiger partial charge in [-0.3, -0.25) is 9.35 Å². The lowest BCUT2D eigenvalue weighted by Gasteiger charge is -2.02. The fourth-order valence-electron chi connectivity index (χ4n) is 1.86. The first-order valence-electron chi connectivity index (χ1n) is 4.85. The highest BCUT2D eigenvalue weighted by Gasteiger charge is 2.18. The second-order valence-electron chi connectivity index (χ2n) is 3.71. The number of benzene rings is 2. The van der Waals surface area contributed by atoms with Crippen molar-refractivity contribution in [2.45, 2.75) is 4.90 Å². The molecular weight excluding hydrogens is 260 g/mol. The van der Waals surface area contributed by atoms with Crippen LogP contribution in [-0.4, -0.2) is 23.3 Å². The molecule has 3 aromatic rings. The Morgan fingerprint density at radius 3 is 2.72 bits per heavy atom. The summed E-state index contributed by atoms with van der Waals surface area (Å²) in [5, 5.41) is 6.55. The van der Waals surface area contributed by atoms with Crippen LogP contribution in [0.3, 0.4) is 0 Å². The third kappa shape index (κ3) is 1.50. The maximum absolute atomic E-state index is 11.3. The highest BCUT2D eigenvalue weighted by Crippen LogP contribution is 2.28. The van der Waals surface area contributed by atoms with Gasteiger partial charge in [-0.2, -0.15) is 8.42 Å². The molecule has 8 heteroatoms. The molecule has 2 N–H and O–H groups in total. The van der Waals surface area contributed by atoms with Crippen LogP contribution < -0.4 is 5.43 Å². The van der Waals surface area contributed by atoms with Crippen molar-refractivity contribution in [3.05, 3.63) is 34.5 Å². The van der Waals surface area contributed by atoms with E-state index in [1.54, 1.807) is 0 Å². The Labute approximate surface area is 99.7 Å². The molecule has 0 bridgehead atoms. The quantitative estimate of drug-likeness (QED) is 0.633. The van der Waals surface area contributed by atoms with Crippen LogP contribution >= 0.6 is 0 Å². The summed E-state index contributed by atoms with van der Waals surface area (Å²) in [7, 11) is -4.42. The predicted molar refractivity (Wildman–Crippen MR) is 62.0 cm³/mol. The molecule has 1 heterocycles. The smallest absolute Gasteiger partial charge is 0.295 e. The lowest BCUT2D eigenvalue weighted by molar-refractivity contribution is 0.423. The molecule has 0 fully saturated rings. The molecule has 3 rings (SSSR count). The molecule has 7 nitrogen and oxygen atoms in total. The van der Waals surface area contributed by atoms with Crippen LogP contribution in [0.2, 0.25) is 0 Å². The molecule has 92 valence electrons. The third-order valence-corrected chi connectivity index (χ3v) is 3.49. The Morgan fingerprint density at radius 2 is 2.00 bits per heavy atom. The van der Waals surface area contributed by atoms with E-state index in [0.717, 1.165) is 6.07 Å². The highest BCUT2D eigenvalue weighted by atomic mass is 32.2. The molecule has 0 aliphatic rings. The van der Waals surface area contributed by atoms with E-state index in [2.05, 4.69) is 10.4 Å². The van der Waals surface area contributed by atoms with Crippen molar-refractivity contribution in [1.29, 1.82) is 0 Å². The van der Waals surface area contributed by atoms with Crippen molar-refractivity contribution in [3.63, 3.8) is 0 Å². The molecule has 0 radical (unpaired) electrons. The normalized spacial score (nSPS) is 12.3. The molecule has 0 atom stereocenters. The summed E-state index contributed by atoms with van der Waals surface area (Å²) >= 11 is 0. The van der Waals surface area contributed by atoms with E-state index in [1.165, 1.54) is 18.2 Å². The van der Waals surface area contributed by atoms with Crippen molar-refractivity contribution in [2.75, 3.05) is 0 Å². The maximum Gasteiger partial charge on any atom is 0.295 e. The molecule has 0 unspecified atom stereocenters. The molecule has 0 aliphatic carbocycles. The molecule has 2 aromatic carbocycles. The molecule has 0 aliphatic heterocycles. The first kappa shape index (κ1) is 10.9. The second kappa shape index (κ2) is 3.40. The third-order valence-electron chi connectivity index (χ3n) is 2.60. The van der Waals surface area contributed by atoms with Crippen LogP contribution in [0.5, 0.6) is 0 Å². The first-order chi connectivity index (χ1) is 8.47. The highest BCUT2D eigenvalue weighted by molar-refractivity contribution is 7.86. The Bertz CT molecular complexity index is 922. The number of rotatable bonds is 1. The van der Waals surface area contributed by atoms with E-state index in [0.29, 0.717) is 10.9 Å². The Balaban J connectivity index is 2.67. The number of H-pyrrole nitrogens is 1. The van der Waals surface area contributed by atoms with Gasteiger partial charge in [0.1, 0.15) is 10.4 Å². The van der Waals surface area contributed by atoms with Crippen molar-refractivity contribution >= 4 is 32.0 Å². The van der Waals surface area contributed by atoms with Crippen LogP contribution in [-0.2, 0) is 10.1 Å². The predicted octanol–water partition coefficient (Wildman–Crippen LogP) is 0.916. The fourth-order valence-corrected chi connectivity index (χ4v) is 2.57. The average molecular weight is 266 g/mol. The summed E-state index contributed by atoms with van der Waals surface area (Å²) < 4.78 is 36.7. The molecule has 18 heavy (non-hydrogen) atoms. The van der Waals surface area contributed by atoms with Gasteiger partial charge >= 0.3 is 0 Å². The number of hydrogen-bond donors (Lipinski definition) is 2. The molecule has 1 aromatic heterocycles. The van der Waals surface area contributed by atoms with Crippen molar-refractivity contribution < 1.29 is 17.5 Å². The molecular formula is C10H6N2O5S. The van der Waals surface area contributed by atoms with Gasteiger partial charge in [-0.25, -0.2) is 0 Å². The van der Waals surface area contributed by atoms with Gasteiger partial charge in [-0.15, -0.1) is 10.4 Å². The van der Waals surface area contributed by atoms with Gasteiger partial charge < -0.3 is 4.52 Å². The van der Waals surface area contributed by atoms with Gasteiger partial charge in [0.15, 0.2) is 11.0 Å². The zero-order chi connectivity index (χ0) is 12.9. The summed E-state index contributed by atoms with van der Waals surface area (Å²) in [6, 6.07) is 4.94. The van der Waals surface area contributed by atoms with E-state index in [4.69, 9.17) is 4.52 Å². The van der Waals surface area contributed by atoms with E-state index in [-0.39, 0.29) is 21.3 Å². The minimum Gasteiger partial charge on any atom is -0.363 e. The van der Waals surface area contributed by atoms with Crippen molar-refractivity contribution in [3.8, 4) is 0 Å². The molecule has 0 saturated heterocycles. The standard InChI is InChI=1S/C10H6N2O5S/c13-5-1-2-6-7(3-5)10-8(17-12-11-10)4-9(6)18(14,15)16/h1-4,12H,(H,14,15,16). The zero-order valence-electron chi connectivity index (χ0n) is 8.75. The maximum atomic E-state index is 11.3. The number of nitrogens with one attached hydrogen (secondary N) is 1. The lowest BCUT2D eigenvalue weighted by atomic mass is 10.1. The van der Waals surface area contributed by atoms with E-state index >= 15 is 0 Å². The largest absolute Gasteiger partial charge is 0.363 e. The van der Waals surface area contributed by atoms with Gasteiger partial charge in [0.25, 0.3) is 10.1 Å². The van der Waals surface area contributed by atoms with E-state index in [1.807, 2.05) is 0 Å². The van der Waals surface area contributed by atoms with Gasteiger partial charge in [0.2, 0.25) is 0 Å². The van der Waals surface area contributed by atoms with Gasteiger partial charge in [0, 0.05) is 16.8 Å². The van der Waals surface area contributed by atoms with Crippen LogP contribution in [0.4, 0.5) is 0 Å². The summed E-state index contributed by atoms with van der Waals surface area (Å²) in [6.45, 7) is 0. The summed E-state index contributed by atoms with van der Waals surface area (Å²) in [6.07, 6.45) is 0. The Kier molecular flexibility index (Phi) is 2.07. The average Bonchev–Trinajstić information content (AvgIpc) is 2.74. The zero-order valence-corrected chi connectivity index (χ0v) is 9.56. The van der Waals surface area contributed by atoms with Gasteiger partial charge in [0.05, 0.1) is 0 Å². The van der Waals surface area contributed by atoms with Gasteiger partial charge in [-0.05, 0) is 18.2 Å². The summed E-state index contributed by atoms with van der Waals surface area (Å²) in [4.78, 5) is 11.0. The van der Waals surface area contributed by atoms with Crippen LogP contribution in [0.1, 0.15) is 0 Å². The fraction of sp³-hybridized carbons (Fsp3) is 0. The second-order valence-corrected chi connectivity index (χ2v) is 5.10. The number of nitrogens with zero attached hydrogens (tertiary/aromatic N) is 1. The number of aromatic nitrogens is 2.